The Kier molecular flexibility index (Phi) is 8.16. The largest absolute Gasteiger partial charge is 0.467 e. The summed E-state index contributed by atoms with van der Waals surface area (Å²) in [4.78, 5) is 38.6. The number of benzene rings is 3. The molecule has 0 saturated carbocycles. The van der Waals surface area contributed by atoms with E-state index in [1.54, 1.807) is 29.8 Å². The summed E-state index contributed by atoms with van der Waals surface area (Å²) in [6.45, 7) is 0. The lowest BCUT2D eigenvalue weighted by Crippen LogP contribution is -2.43. The first-order valence-corrected chi connectivity index (χ1v) is 13.0. The molecule has 1 heterocycles. The average molecular weight is 567 g/mol. The Bertz CT molecular complexity index is 1600. The van der Waals surface area contributed by atoms with Crippen LogP contribution in [0.25, 0.3) is 22.0 Å². The molecule has 0 aliphatic heterocycles. The normalized spacial score (nSPS) is 12.3. The topological polar surface area (TPSA) is 77.4 Å². The van der Waals surface area contributed by atoms with E-state index in [4.69, 9.17) is 27.9 Å². The Labute approximate surface area is 237 Å². The first-order chi connectivity index (χ1) is 18.4. The van der Waals surface area contributed by atoms with Crippen LogP contribution < -0.4 is 15.4 Å². The van der Waals surface area contributed by atoms with Gasteiger partial charge in [0.15, 0.2) is 0 Å². The number of ether oxygens (including phenoxy) is 1. The van der Waals surface area contributed by atoms with Crippen LogP contribution in [0.3, 0.4) is 0 Å². The molecule has 9 heteroatoms. The van der Waals surface area contributed by atoms with Crippen molar-refractivity contribution in [2.45, 2.75) is 12.5 Å². The minimum absolute atomic E-state index is 0.0886. The van der Waals surface area contributed by atoms with Gasteiger partial charge in [0.25, 0.3) is 11.5 Å². The first kappa shape index (κ1) is 28.4. The molecule has 0 fully saturated rings. The summed E-state index contributed by atoms with van der Waals surface area (Å²) in [6.07, 6.45) is 0.170. The Morgan fingerprint density at radius 2 is 1.62 bits per heavy atom. The molecule has 4 rings (SSSR count). The lowest BCUT2D eigenvalue weighted by atomic mass is 9.99. The highest BCUT2D eigenvalue weighted by atomic mass is 35.5. The maximum absolute atomic E-state index is 13.2. The van der Waals surface area contributed by atoms with Crippen LogP contribution in [-0.2, 0) is 23.0 Å². The Hall–Kier alpha value is -3.65. The number of halogens is 2. The van der Waals surface area contributed by atoms with E-state index in [0.717, 1.165) is 27.7 Å². The number of pyridine rings is 1. The van der Waals surface area contributed by atoms with Gasteiger partial charge < -0.3 is 14.6 Å². The summed E-state index contributed by atoms with van der Waals surface area (Å²) in [5.41, 5.74) is 4.05. The monoisotopic (exact) mass is 566 g/mol. The van der Waals surface area contributed by atoms with Crippen molar-refractivity contribution >= 4 is 51.7 Å². The second-order valence-corrected chi connectivity index (χ2v) is 11.0. The fraction of sp³-hybridized carbons (Fsp3) is 0.233. The predicted molar refractivity (Wildman–Crippen MR) is 158 cm³/mol. The van der Waals surface area contributed by atoms with Crippen LogP contribution >= 0.6 is 23.2 Å². The summed E-state index contributed by atoms with van der Waals surface area (Å²) in [5.74, 6) is -1.18. The molecule has 0 aliphatic carbocycles. The van der Waals surface area contributed by atoms with Crippen LogP contribution in [0.1, 0.15) is 15.9 Å². The van der Waals surface area contributed by atoms with Crippen molar-refractivity contribution < 1.29 is 14.3 Å². The van der Waals surface area contributed by atoms with E-state index < -0.39 is 17.9 Å². The minimum atomic E-state index is -0.969. The fourth-order valence-electron chi connectivity index (χ4n) is 4.43. The highest BCUT2D eigenvalue weighted by Crippen LogP contribution is 2.27. The van der Waals surface area contributed by atoms with Gasteiger partial charge in [0.05, 0.1) is 49.4 Å². The molecule has 3 aromatic carbocycles. The molecule has 4 aromatic rings. The predicted octanol–water partition coefficient (Wildman–Crippen LogP) is 5.22. The number of methoxy groups -OCH3 is 1. The average Bonchev–Trinajstić information content (AvgIpc) is 2.89. The van der Waals surface area contributed by atoms with Gasteiger partial charge in [-0.1, -0.05) is 53.5 Å². The Balaban J connectivity index is 1.62. The van der Waals surface area contributed by atoms with Gasteiger partial charge in [-0.15, -0.1) is 0 Å². The summed E-state index contributed by atoms with van der Waals surface area (Å²) in [5, 5.41) is 4.00. The molecule has 0 aliphatic rings. The highest BCUT2D eigenvalue weighted by Gasteiger charge is 2.25. The summed E-state index contributed by atoms with van der Waals surface area (Å²) in [6, 6.07) is 19.1. The maximum Gasteiger partial charge on any atom is 0.328 e. The maximum atomic E-state index is 13.2. The summed E-state index contributed by atoms with van der Waals surface area (Å²) in [7, 11) is 9.30. The number of quaternary nitrogens is 1. The van der Waals surface area contributed by atoms with Gasteiger partial charge in [0.2, 0.25) is 0 Å². The zero-order chi connectivity index (χ0) is 28.5. The van der Waals surface area contributed by atoms with Crippen LogP contribution in [0.5, 0.6) is 0 Å². The van der Waals surface area contributed by atoms with Gasteiger partial charge in [0, 0.05) is 36.6 Å². The molecule has 0 radical (unpaired) electrons. The quantitative estimate of drug-likeness (QED) is 0.245. The number of aromatic nitrogens is 1. The number of esters is 1. The van der Waals surface area contributed by atoms with Gasteiger partial charge in [-0.3, -0.25) is 14.1 Å². The lowest BCUT2D eigenvalue weighted by Gasteiger charge is -2.24. The van der Waals surface area contributed by atoms with Crippen molar-refractivity contribution in [2.75, 3.05) is 28.3 Å². The molecule has 1 atom stereocenters. The van der Waals surface area contributed by atoms with Crippen molar-refractivity contribution in [1.29, 1.82) is 0 Å². The van der Waals surface area contributed by atoms with Crippen molar-refractivity contribution in [2.24, 2.45) is 7.05 Å². The Morgan fingerprint density at radius 1 is 0.974 bits per heavy atom. The molecule has 1 amide bonds. The SMILES string of the molecule is COC(=O)[C@H](Cc1ccc(-c2cc3cc([N+](C)(C)C)ccc3n(C)c2=O)cc1)NC(=O)c1c(Cl)cccc1Cl. The van der Waals surface area contributed by atoms with Crippen LogP contribution in [0.15, 0.2) is 71.5 Å². The van der Waals surface area contributed by atoms with E-state index in [1.165, 1.54) is 7.11 Å². The van der Waals surface area contributed by atoms with E-state index in [-0.39, 0.29) is 27.6 Å². The lowest BCUT2D eigenvalue weighted by molar-refractivity contribution is -0.142. The third kappa shape index (κ3) is 6.01. The van der Waals surface area contributed by atoms with Gasteiger partial charge in [0.1, 0.15) is 11.7 Å². The summed E-state index contributed by atoms with van der Waals surface area (Å²) >= 11 is 12.3. The molecule has 1 aromatic heterocycles. The van der Waals surface area contributed by atoms with Gasteiger partial charge in [-0.2, -0.15) is 0 Å². The standard InChI is InChI=1S/C30H29Cl2N3O4/c1-34-26-14-13-21(35(2,3)4)16-20(26)17-22(29(34)37)19-11-9-18(10-12-19)15-25(30(38)39-5)33-28(36)27-23(31)7-6-8-24(27)32/h6-14,16-17,25H,15H2,1-5H3/p+1/t25-/m0/s1. The van der Waals surface area contributed by atoms with Crippen molar-refractivity contribution in [3.63, 3.8) is 0 Å². The number of carbonyl (C=O) groups is 2. The smallest absolute Gasteiger partial charge is 0.328 e. The zero-order valence-electron chi connectivity index (χ0n) is 22.4. The van der Waals surface area contributed by atoms with Crippen molar-refractivity contribution in [1.82, 2.24) is 14.4 Å². The molecule has 39 heavy (non-hydrogen) atoms. The molecule has 0 saturated heterocycles. The van der Waals surface area contributed by atoms with Crippen LogP contribution in [-0.4, -0.2) is 50.7 Å². The van der Waals surface area contributed by atoms with E-state index in [1.807, 2.05) is 42.5 Å². The number of hydrogen-bond acceptors (Lipinski definition) is 4. The summed E-state index contributed by atoms with van der Waals surface area (Å²) < 4.78 is 7.22. The molecule has 0 unspecified atom stereocenters. The molecule has 0 spiro atoms. The number of carbonyl (C=O) groups excluding carboxylic acids is 2. The number of hydrogen-bond donors (Lipinski definition) is 1. The third-order valence-corrected chi connectivity index (χ3v) is 7.30. The molecule has 7 nitrogen and oxygen atoms in total. The number of nitrogens with one attached hydrogen (secondary N) is 1. The second kappa shape index (κ2) is 11.2. The van der Waals surface area contributed by atoms with Crippen LogP contribution in [0.2, 0.25) is 10.0 Å². The molecular weight excluding hydrogens is 537 g/mol. The van der Waals surface area contributed by atoms with Crippen LogP contribution in [0.4, 0.5) is 5.69 Å². The first-order valence-electron chi connectivity index (χ1n) is 12.3. The molecular formula is C30H30Cl2N3O4+. The van der Waals surface area contributed by atoms with E-state index in [2.05, 4.69) is 32.5 Å². The van der Waals surface area contributed by atoms with E-state index in [0.29, 0.717) is 10.0 Å². The number of amides is 1. The van der Waals surface area contributed by atoms with Crippen molar-refractivity contribution in [3.05, 3.63) is 98.3 Å². The molecule has 202 valence electrons. The number of fused-ring (bicyclic) bond motifs is 1. The fourth-order valence-corrected chi connectivity index (χ4v) is 5.00. The van der Waals surface area contributed by atoms with Crippen LogP contribution in [0, 0.1) is 0 Å². The second-order valence-electron chi connectivity index (χ2n) is 10.2. The third-order valence-electron chi connectivity index (χ3n) is 6.67. The number of rotatable bonds is 7. The number of aryl methyl sites for hydroxylation is 1. The Morgan fingerprint density at radius 3 is 2.21 bits per heavy atom. The molecule has 0 bridgehead atoms. The van der Waals surface area contributed by atoms with Gasteiger partial charge >= 0.3 is 5.97 Å². The van der Waals surface area contributed by atoms with Crippen molar-refractivity contribution in [3.8, 4) is 11.1 Å². The minimum Gasteiger partial charge on any atom is -0.467 e. The highest BCUT2D eigenvalue weighted by molar-refractivity contribution is 6.39. The zero-order valence-corrected chi connectivity index (χ0v) is 23.9. The number of nitrogens with zero attached hydrogens (tertiary/aromatic N) is 2. The van der Waals surface area contributed by atoms with E-state index in [9.17, 15) is 14.4 Å². The van der Waals surface area contributed by atoms with Gasteiger partial charge in [-0.05, 0) is 35.4 Å². The van der Waals surface area contributed by atoms with Gasteiger partial charge in [-0.25, -0.2) is 4.79 Å². The van der Waals surface area contributed by atoms with E-state index >= 15 is 0 Å². The molecule has 1 N–H and O–H groups in total.